The number of aryl methyl sites for hydroxylation is 1. The molecule has 2 aromatic carbocycles. The van der Waals surface area contributed by atoms with Gasteiger partial charge in [-0.3, -0.25) is 4.79 Å². The van der Waals surface area contributed by atoms with Crippen LogP contribution in [0.3, 0.4) is 0 Å². The zero-order valence-electron chi connectivity index (χ0n) is 15.5. The average Bonchev–Trinajstić information content (AvgIpc) is 2.61. The van der Waals surface area contributed by atoms with Crippen LogP contribution in [0.1, 0.15) is 18.1 Å². The highest BCUT2D eigenvalue weighted by Crippen LogP contribution is 2.29. The van der Waals surface area contributed by atoms with Crippen LogP contribution in [0.15, 0.2) is 41.3 Å². The van der Waals surface area contributed by atoms with E-state index in [1.165, 1.54) is 38.3 Å². The maximum atomic E-state index is 12.7. The van der Waals surface area contributed by atoms with Gasteiger partial charge in [0, 0.05) is 19.2 Å². The number of benzene rings is 2. The molecular formula is C18H20F2N2O5S. The molecule has 0 bridgehead atoms. The van der Waals surface area contributed by atoms with E-state index in [-0.39, 0.29) is 28.8 Å². The van der Waals surface area contributed by atoms with Crippen LogP contribution >= 0.6 is 0 Å². The third kappa shape index (κ3) is 5.64. The monoisotopic (exact) mass is 414 g/mol. The lowest BCUT2D eigenvalue weighted by Gasteiger charge is -2.13. The highest BCUT2D eigenvalue weighted by molar-refractivity contribution is 7.89. The predicted octanol–water partition coefficient (Wildman–Crippen LogP) is 3.04. The topological polar surface area (TPSA) is 93.7 Å². The summed E-state index contributed by atoms with van der Waals surface area (Å²) in [5.41, 5.74) is 1.34. The van der Waals surface area contributed by atoms with E-state index in [1.807, 2.05) is 0 Å². The molecule has 0 heterocycles. The van der Waals surface area contributed by atoms with Crippen LogP contribution in [0.25, 0.3) is 0 Å². The molecule has 152 valence electrons. The highest BCUT2D eigenvalue weighted by atomic mass is 32.2. The summed E-state index contributed by atoms with van der Waals surface area (Å²) in [6.07, 6.45) is 0. The Morgan fingerprint density at radius 1 is 1.14 bits per heavy atom. The van der Waals surface area contributed by atoms with Crippen LogP contribution in [0.4, 0.5) is 14.5 Å². The van der Waals surface area contributed by atoms with Gasteiger partial charge in [0.15, 0.2) is 11.5 Å². The Morgan fingerprint density at radius 2 is 1.86 bits per heavy atom. The van der Waals surface area contributed by atoms with Crippen LogP contribution in [-0.2, 0) is 21.4 Å². The van der Waals surface area contributed by atoms with Gasteiger partial charge in [-0.25, -0.2) is 13.1 Å². The van der Waals surface area contributed by atoms with Gasteiger partial charge in [0.25, 0.3) is 0 Å². The van der Waals surface area contributed by atoms with Crippen molar-refractivity contribution in [2.45, 2.75) is 31.9 Å². The van der Waals surface area contributed by atoms with Gasteiger partial charge in [-0.1, -0.05) is 12.1 Å². The largest absolute Gasteiger partial charge is 0.493 e. The second-order valence-corrected chi connectivity index (χ2v) is 7.59. The predicted molar refractivity (Wildman–Crippen MR) is 99.1 cm³/mol. The minimum absolute atomic E-state index is 0.0170. The molecule has 0 radical (unpaired) electrons. The fourth-order valence-electron chi connectivity index (χ4n) is 2.44. The third-order valence-electron chi connectivity index (χ3n) is 3.71. The summed E-state index contributed by atoms with van der Waals surface area (Å²) in [6, 6.07) is 8.67. The van der Waals surface area contributed by atoms with Crippen LogP contribution in [0.5, 0.6) is 11.5 Å². The van der Waals surface area contributed by atoms with E-state index in [0.717, 1.165) is 0 Å². The molecule has 0 unspecified atom stereocenters. The number of amides is 1. The zero-order valence-corrected chi connectivity index (χ0v) is 16.3. The van der Waals surface area contributed by atoms with E-state index in [0.29, 0.717) is 16.8 Å². The number of hydrogen-bond donors (Lipinski definition) is 2. The van der Waals surface area contributed by atoms with Crippen molar-refractivity contribution in [3.8, 4) is 11.5 Å². The quantitative estimate of drug-likeness (QED) is 0.693. The van der Waals surface area contributed by atoms with E-state index in [1.54, 1.807) is 19.1 Å². The number of halogens is 2. The van der Waals surface area contributed by atoms with Crippen LogP contribution in [-0.4, -0.2) is 28.0 Å². The molecule has 7 nitrogen and oxygen atoms in total. The van der Waals surface area contributed by atoms with Gasteiger partial charge in [0.1, 0.15) is 0 Å². The Hall–Kier alpha value is -2.72. The van der Waals surface area contributed by atoms with Gasteiger partial charge in [0.2, 0.25) is 15.9 Å². The Labute approximate surface area is 161 Å². The number of ether oxygens (including phenoxy) is 2. The Kier molecular flexibility index (Phi) is 6.92. The molecular weight excluding hydrogens is 394 g/mol. The molecule has 10 heteroatoms. The summed E-state index contributed by atoms with van der Waals surface area (Å²) in [5, 5.41) is 2.53. The number of sulfonamides is 1. The maximum absolute atomic E-state index is 12.7. The number of carbonyl (C=O) groups is 1. The second kappa shape index (κ2) is 8.98. The molecule has 1 amide bonds. The molecule has 28 heavy (non-hydrogen) atoms. The normalized spacial score (nSPS) is 11.4. The van der Waals surface area contributed by atoms with Gasteiger partial charge in [-0.2, -0.15) is 8.78 Å². The number of nitrogens with one attached hydrogen (secondary N) is 2. The van der Waals surface area contributed by atoms with Gasteiger partial charge < -0.3 is 14.8 Å². The van der Waals surface area contributed by atoms with Gasteiger partial charge in [0.05, 0.1) is 12.0 Å². The zero-order chi connectivity index (χ0) is 20.9. The Balaban J connectivity index is 2.20. The van der Waals surface area contributed by atoms with E-state index >= 15 is 0 Å². The van der Waals surface area contributed by atoms with Crippen molar-refractivity contribution in [3.63, 3.8) is 0 Å². The Bertz CT molecular complexity index is 964. The number of methoxy groups -OCH3 is 1. The average molecular weight is 414 g/mol. The summed E-state index contributed by atoms with van der Waals surface area (Å²) < 4.78 is 61.8. The number of anilines is 1. The van der Waals surface area contributed by atoms with Crippen LogP contribution in [0.2, 0.25) is 0 Å². The number of alkyl halides is 2. The lowest BCUT2D eigenvalue weighted by Crippen LogP contribution is -2.24. The van der Waals surface area contributed by atoms with Crippen LogP contribution < -0.4 is 19.5 Å². The smallest absolute Gasteiger partial charge is 0.387 e. The molecule has 2 N–H and O–H groups in total. The number of carbonyl (C=O) groups excluding carboxylic acids is 1. The van der Waals surface area contributed by atoms with Crippen molar-refractivity contribution >= 4 is 21.6 Å². The highest BCUT2D eigenvalue weighted by Gasteiger charge is 2.18. The van der Waals surface area contributed by atoms with E-state index in [9.17, 15) is 22.0 Å². The van der Waals surface area contributed by atoms with Crippen molar-refractivity contribution in [2.24, 2.45) is 0 Å². The SMILES string of the molecule is COc1cc(CNS(=O)(=O)c2cc(NC(C)=O)ccc2C)ccc1OC(F)F. The minimum Gasteiger partial charge on any atom is -0.493 e. The van der Waals surface area contributed by atoms with Crippen molar-refractivity contribution in [2.75, 3.05) is 12.4 Å². The van der Waals surface area contributed by atoms with Gasteiger partial charge in [-0.15, -0.1) is 0 Å². The first kappa shape index (κ1) is 21.6. The molecule has 0 saturated carbocycles. The number of rotatable bonds is 8. The fourth-order valence-corrected chi connectivity index (χ4v) is 3.73. The van der Waals surface area contributed by atoms with Crippen molar-refractivity contribution in [1.29, 1.82) is 0 Å². The molecule has 0 atom stereocenters. The van der Waals surface area contributed by atoms with Gasteiger partial charge in [-0.05, 0) is 42.3 Å². The molecule has 0 aliphatic carbocycles. The number of hydrogen-bond acceptors (Lipinski definition) is 5. The molecule has 0 spiro atoms. The standard InChI is InChI=1S/C18H20F2N2O5S/c1-11-4-6-14(22-12(2)23)9-17(11)28(24,25)21-10-13-5-7-15(27-18(19)20)16(8-13)26-3/h4-9,18,21H,10H2,1-3H3,(H,22,23). The fraction of sp³-hybridized carbons (Fsp3) is 0.278. The molecule has 0 fully saturated rings. The summed E-state index contributed by atoms with van der Waals surface area (Å²) in [5.74, 6) is -0.415. The first-order valence-corrected chi connectivity index (χ1v) is 9.60. The third-order valence-corrected chi connectivity index (χ3v) is 5.25. The summed E-state index contributed by atoms with van der Waals surface area (Å²) in [4.78, 5) is 11.2. The maximum Gasteiger partial charge on any atom is 0.387 e. The molecule has 0 aliphatic heterocycles. The lowest BCUT2D eigenvalue weighted by atomic mass is 10.2. The van der Waals surface area contributed by atoms with Gasteiger partial charge >= 0.3 is 6.61 Å². The van der Waals surface area contributed by atoms with Crippen molar-refractivity contribution in [3.05, 3.63) is 47.5 Å². The van der Waals surface area contributed by atoms with E-state index in [2.05, 4.69) is 14.8 Å². The first-order valence-electron chi connectivity index (χ1n) is 8.12. The second-order valence-electron chi connectivity index (χ2n) is 5.85. The van der Waals surface area contributed by atoms with E-state index in [4.69, 9.17) is 4.74 Å². The van der Waals surface area contributed by atoms with E-state index < -0.39 is 16.6 Å². The first-order chi connectivity index (χ1) is 13.1. The molecule has 0 aromatic heterocycles. The van der Waals surface area contributed by atoms with Crippen molar-refractivity contribution < 1.29 is 31.5 Å². The summed E-state index contributed by atoms with van der Waals surface area (Å²) in [6.45, 7) is -0.151. The summed E-state index contributed by atoms with van der Waals surface area (Å²) in [7, 11) is -2.60. The van der Waals surface area contributed by atoms with Crippen molar-refractivity contribution in [1.82, 2.24) is 4.72 Å². The molecule has 2 rings (SSSR count). The lowest BCUT2D eigenvalue weighted by molar-refractivity contribution is -0.114. The van der Waals surface area contributed by atoms with Crippen LogP contribution in [0, 0.1) is 6.92 Å². The minimum atomic E-state index is -3.89. The molecule has 0 aliphatic rings. The summed E-state index contributed by atoms with van der Waals surface area (Å²) >= 11 is 0. The molecule has 2 aromatic rings. The molecule has 0 saturated heterocycles. The Morgan fingerprint density at radius 3 is 2.46 bits per heavy atom.